The van der Waals surface area contributed by atoms with E-state index in [-0.39, 0.29) is 5.69 Å². The maximum absolute atomic E-state index is 10.7. The molecule has 0 unspecified atom stereocenters. The van der Waals surface area contributed by atoms with Gasteiger partial charge >= 0.3 is 0 Å². The summed E-state index contributed by atoms with van der Waals surface area (Å²) in [6.45, 7) is 0. The molecule has 0 radical (unpaired) electrons. The Bertz CT molecular complexity index is 591. The number of nitro groups is 1. The van der Waals surface area contributed by atoms with Gasteiger partial charge in [-0.15, -0.1) is 0 Å². The Morgan fingerprint density at radius 2 is 2.29 bits per heavy atom. The summed E-state index contributed by atoms with van der Waals surface area (Å²) in [7, 11) is 3.70. The molecule has 0 saturated heterocycles. The summed E-state index contributed by atoms with van der Waals surface area (Å²) in [6.07, 6.45) is 1.62. The Morgan fingerprint density at radius 3 is 2.94 bits per heavy atom. The van der Waals surface area contributed by atoms with Gasteiger partial charge in [0, 0.05) is 31.6 Å². The van der Waals surface area contributed by atoms with Crippen molar-refractivity contribution in [3.05, 3.63) is 28.3 Å². The van der Waals surface area contributed by atoms with Gasteiger partial charge in [0.05, 0.1) is 16.0 Å². The van der Waals surface area contributed by atoms with E-state index in [0.29, 0.717) is 11.2 Å². The third-order valence-corrected chi connectivity index (χ3v) is 2.87. The molecule has 0 atom stereocenters. The molecule has 2 aromatic rings. The molecule has 1 heterocycles. The van der Waals surface area contributed by atoms with Crippen molar-refractivity contribution in [2.45, 2.75) is 0 Å². The van der Waals surface area contributed by atoms with Crippen molar-refractivity contribution in [1.29, 1.82) is 0 Å². The molecule has 0 bridgehead atoms. The molecule has 1 aromatic carbocycles. The fourth-order valence-electron chi connectivity index (χ4n) is 1.29. The van der Waals surface area contributed by atoms with Crippen molar-refractivity contribution in [2.24, 2.45) is 4.99 Å². The molecule has 2 rings (SSSR count). The van der Waals surface area contributed by atoms with Gasteiger partial charge in [0.1, 0.15) is 0 Å². The first-order valence-corrected chi connectivity index (χ1v) is 5.59. The van der Waals surface area contributed by atoms with Crippen LogP contribution >= 0.6 is 11.5 Å². The predicted octanol–water partition coefficient (Wildman–Crippen LogP) is 2.43. The molecule has 7 heteroatoms. The van der Waals surface area contributed by atoms with E-state index in [1.807, 2.05) is 14.1 Å². The minimum Gasteiger partial charge on any atom is -0.369 e. The summed E-state index contributed by atoms with van der Waals surface area (Å²) in [4.78, 5) is 16.2. The molecule has 0 spiro atoms. The quantitative estimate of drug-likeness (QED) is 0.363. The second-order valence-corrected chi connectivity index (χ2v) is 4.46. The average Bonchev–Trinajstić information content (AvgIpc) is 2.68. The highest BCUT2D eigenvalue weighted by atomic mass is 32.1. The van der Waals surface area contributed by atoms with Crippen LogP contribution in [0, 0.1) is 10.1 Å². The number of rotatable bonds is 3. The number of nitro benzene ring substituents is 1. The number of nitrogens with zero attached hydrogens (tertiary/aromatic N) is 4. The molecule has 0 N–H and O–H groups in total. The van der Waals surface area contributed by atoms with Gasteiger partial charge in [-0.3, -0.25) is 10.1 Å². The first-order valence-electron chi connectivity index (χ1n) is 4.82. The standard InChI is InChI=1S/C10H10N4O2S/c1-13(2)6-11-10-8-5-7(14(15)16)3-4-9(8)17-12-10/h3-6H,1-2H3. The van der Waals surface area contributed by atoms with E-state index in [0.717, 1.165) is 4.70 Å². The smallest absolute Gasteiger partial charge is 0.270 e. The van der Waals surface area contributed by atoms with Crippen molar-refractivity contribution in [3.8, 4) is 0 Å². The van der Waals surface area contributed by atoms with Gasteiger partial charge in [0.2, 0.25) is 0 Å². The third-order valence-electron chi connectivity index (χ3n) is 2.06. The molecule has 0 aliphatic heterocycles. The zero-order chi connectivity index (χ0) is 12.4. The van der Waals surface area contributed by atoms with Crippen molar-refractivity contribution in [3.63, 3.8) is 0 Å². The molecular weight excluding hydrogens is 240 g/mol. The minimum atomic E-state index is -0.420. The second kappa shape index (κ2) is 4.46. The zero-order valence-corrected chi connectivity index (χ0v) is 10.1. The maximum atomic E-state index is 10.7. The van der Waals surface area contributed by atoms with Gasteiger partial charge in [-0.25, -0.2) is 4.99 Å². The maximum Gasteiger partial charge on any atom is 0.270 e. The number of aliphatic imine (C=N–C) groups is 1. The summed E-state index contributed by atoms with van der Waals surface area (Å²) < 4.78 is 5.05. The molecule has 1 aromatic heterocycles. The number of hydrogen-bond donors (Lipinski definition) is 0. The van der Waals surface area contributed by atoms with E-state index >= 15 is 0 Å². The average molecular weight is 250 g/mol. The SMILES string of the molecule is CN(C)C=Nc1nsc2ccc([N+](=O)[O-])cc12. The molecule has 17 heavy (non-hydrogen) atoms. The van der Waals surface area contributed by atoms with Gasteiger partial charge in [-0.05, 0) is 17.6 Å². The molecular formula is C10H10N4O2S. The minimum absolute atomic E-state index is 0.0546. The Hall–Kier alpha value is -2.02. The second-order valence-electron chi connectivity index (χ2n) is 3.65. The fraction of sp³-hybridized carbons (Fsp3) is 0.200. The highest BCUT2D eigenvalue weighted by molar-refractivity contribution is 7.13. The summed E-state index contributed by atoms with van der Waals surface area (Å²) in [5.74, 6) is 0.516. The number of non-ortho nitro benzene ring substituents is 1. The highest BCUT2D eigenvalue weighted by Crippen LogP contribution is 2.31. The van der Waals surface area contributed by atoms with Crippen LogP contribution in [0.3, 0.4) is 0 Å². The molecule has 0 amide bonds. The Kier molecular flexibility index (Phi) is 3.01. The summed E-state index contributed by atoms with van der Waals surface area (Å²) in [5.41, 5.74) is 0.0546. The van der Waals surface area contributed by atoms with E-state index in [9.17, 15) is 10.1 Å². The monoisotopic (exact) mass is 250 g/mol. The first-order chi connectivity index (χ1) is 8.08. The largest absolute Gasteiger partial charge is 0.369 e. The van der Waals surface area contributed by atoms with Crippen LogP contribution in [0.15, 0.2) is 23.2 Å². The number of aromatic nitrogens is 1. The number of hydrogen-bond acceptors (Lipinski definition) is 5. The van der Waals surface area contributed by atoms with Gasteiger partial charge in [-0.2, -0.15) is 4.37 Å². The Balaban J connectivity index is 2.50. The van der Waals surface area contributed by atoms with E-state index in [2.05, 4.69) is 9.37 Å². The first kappa shape index (κ1) is 11.5. The lowest BCUT2D eigenvalue weighted by molar-refractivity contribution is -0.384. The highest BCUT2D eigenvalue weighted by Gasteiger charge is 2.11. The van der Waals surface area contributed by atoms with Crippen LogP contribution in [0.25, 0.3) is 10.1 Å². The van der Waals surface area contributed by atoms with E-state index < -0.39 is 4.92 Å². The molecule has 6 nitrogen and oxygen atoms in total. The van der Waals surface area contributed by atoms with Crippen molar-refractivity contribution < 1.29 is 4.92 Å². The lowest BCUT2D eigenvalue weighted by Crippen LogP contribution is -2.06. The Labute approximate surface area is 102 Å². The summed E-state index contributed by atoms with van der Waals surface area (Å²) in [5, 5.41) is 11.4. The molecule has 0 saturated carbocycles. The summed E-state index contributed by atoms with van der Waals surface area (Å²) in [6, 6.07) is 4.67. The van der Waals surface area contributed by atoms with Crippen LogP contribution in [0.2, 0.25) is 0 Å². The molecule has 0 fully saturated rings. The third kappa shape index (κ3) is 2.39. The van der Waals surface area contributed by atoms with E-state index in [1.165, 1.54) is 23.7 Å². The van der Waals surface area contributed by atoms with Crippen molar-refractivity contribution >= 4 is 39.5 Å². The fourth-order valence-corrected chi connectivity index (χ4v) is 2.00. The number of fused-ring (bicyclic) bond motifs is 1. The van der Waals surface area contributed by atoms with Crippen LogP contribution in [-0.4, -0.2) is 34.6 Å². The molecule has 0 aliphatic carbocycles. The lowest BCUT2D eigenvalue weighted by atomic mass is 10.2. The topological polar surface area (TPSA) is 71.6 Å². The molecule has 0 aliphatic rings. The van der Waals surface area contributed by atoms with Gasteiger partial charge in [0.25, 0.3) is 5.69 Å². The predicted molar refractivity (Wildman–Crippen MR) is 68.1 cm³/mol. The van der Waals surface area contributed by atoms with Gasteiger partial charge < -0.3 is 4.90 Å². The van der Waals surface area contributed by atoms with Crippen LogP contribution in [0.4, 0.5) is 11.5 Å². The van der Waals surface area contributed by atoms with E-state index in [1.54, 1.807) is 17.3 Å². The van der Waals surface area contributed by atoms with Crippen molar-refractivity contribution in [1.82, 2.24) is 9.27 Å². The van der Waals surface area contributed by atoms with Crippen LogP contribution in [0.1, 0.15) is 0 Å². The Morgan fingerprint density at radius 1 is 1.53 bits per heavy atom. The van der Waals surface area contributed by atoms with Gasteiger partial charge in [-0.1, -0.05) is 0 Å². The normalized spacial score (nSPS) is 11.2. The van der Waals surface area contributed by atoms with Crippen LogP contribution < -0.4 is 0 Å². The lowest BCUT2D eigenvalue weighted by Gasteiger charge is -2.00. The number of benzene rings is 1. The molecule has 88 valence electrons. The van der Waals surface area contributed by atoms with Crippen LogP contribution in [0.5, 0.6) is 0 Å². The van der Waals surface area contributed by atoms with E-state index in [4.69, 9.17) is 0 Å². The van der Waals surface area contributed by atoms with Crippen LogP contribution in [-0.2, 0) is 0 Å². The summed E-state index contributed by atoms with van der Waals surface area (Å²) >= 11 is 1.28. The van der Waals surface area contributed by atoms with Crippen molar-refractivity contribution in [2.75, 3.05) is 14.1 Å². The van der Waals surface area contributed by atoms with Gasteiger partial charge in [0.15, 0.2) is 5.82 Å². The zero-order valence-electron chi connectivity index (χ0n) is 9.32.